The Hall–Kier alpha value is -1.62. The molecule has 1 aliphatic rings. The Kier molecular flexibility index (Phi) is 3.28. The van der Waals surface area contributed by atoms with Crippen LogP contribution in [0.2, 0.25) is 0 Å². The highest BCUT2D eigenvalue weighted by Crippen LogP contribution is 2.32. The first-order valence-electron chi connectivity index (χ1n) is 5.59. The fraction of sp³-hybridized carbons (Fsp3) is 0.417. The molecule has 17 heavy (non-hydrogen) atoms. The van der Waals surface area contributed by atoms with E-state index >= 15 is 0 Å². The lowest BCUT2D eigenvalue weighted by Gasteiger charge is -2.11. The van der Waals surface area contributed by atoms with Crippen molar-refractivity contribution in [2.24, 2.45) is 5.92 Å². The third-order valence-corrected chi connectivity index (χ3v) is 2.90. The van der Waals surface area contributed by atoms with Crippen molar-refractivity contribution in [1.29, 1.82) is 0 Å². The first-order chi connectivity index (χ1) is 8.08. The van der Waals surface area contributed by atoms with Crippen LogP contribution in [0.15, 0.2) is 18.2 Å². The molecule has 1 aromatic rings. The number of nitrogen functional groups attached to an aromatic ring is 1. The number of benzene rings is 1. The quantitative estimate of drug-likeness (QED) is 0.682. The molecule has 0 heterocycles. The molecule has 2 rings (SSSR count). The summed E-state index contributed by atoms with van der Waals surface area (Å²) in [6.45, 7) is 0.180. The Bertz CT molecular complexity index is 433. The van der Waals surface area contributed by atoms with Crippen molar-refractivity contribution in [3.63, 3.8) is 0 Å². The van der Waals surface area contributed by atoms with E-state index in [1.54, 1.807) is 0 Å². The van der Waals surface area contributed by atoms with Gasteiger partial charge < -0.3 is 16.2 Å². The van der Waals surface area contributed by atoms with Gasteiger partial charge in [-0.25, -0.2) is 4.39 Å². The van der Waals surface area contributed by atoms with Crippen molar-refractivity contribution in [3.05, 3.63) is 29.6 Å². The molecule has 1 atom stereocenters. The van der Waals surface area contributed by atoms with Crippen LogP contribution in [-0.2, 0) is 0 Å². The van der Waals surface area contributed by atoms with Crippen LogP contribution in [0.3, 0.4) is 0 Å². The van der Waals surface area contributed by atoms with Gasteiger partial charge in [0.15, 0.2) is 0 Å². The molecule has 92 valence electrons. The lowest BCUT2D eigenvalue weighted by molar-refractivity contribution is 0.0901. The first-order valence-corrected chi connectivity index (χ1v) is 5.59. The van der Waals surface area contributed by atoms with E-state index < -0.39 is 17.8 Å². The van der Waals surface area contributed by atoms with E-state index in [4.69, 9.17) is 5.73 Å². The van der Waals surface area contributed by atoms with Gasteiger partial charge in [0.2, 0.25) is 0 Å². The fourth-order valence-corrected chi connectivity index (χ4v) is 1.67. The highest BCUT2D eigenvalue weighted by molar-refractivity contribution is 5.99. The van der Waals surface area contributed by atoms with Gasteiger partial charge >= 0.3 is 0 Å². The maximum Gasteiger partial charge on any atom is 0.253 e. The summed E-state index contributed by atoms with van der Waals surface area (Å²) in [4.78, 5) is 11.7. The van der Waals surface area contributed by atoms with Crippen molar-refractivity contribution in [2.45, 2.75) is 18.9 Å². The van der Waals surface area contributed by atoms with Gasteiger partial charge in [-0.05, 0) is 37.0 Å². The first kappa shape index (κ1) is 11.9. The van der Waals surface area contributed by atoms with Crippen LogP contribution in [0, 0.1) is 11.7 Å². The van der Waals surface area contributed by atoms with Crippen molar-refractivity contribution < 1.29 is 14.3 Å². The zero-order chi connectivity index (χ0) is 12.4. The maximum absolute atomic E-state index is 13.0. The summed E-state index contributed by atoms with van der Waals surface area (Å²) < 4.78 is 13.0. The number of nitrogens with one attached hydrogen (secondary N) is 1. The SMILES string of the molecule is Nc1ccc(F)cc1C(=O)NCC(O)C1CC1. The molecule has 1 unspecified atom stereocenters. The Labute approximate surface area is 98.6 Å². The minimum atomic E-state index is -0.520. The van der Waals surface area contributed by atoms with E-state index in [0.717, 1.165) is 18.9 Å². The second kappa shape index (κ2) is 4.71. The number of halogens is 1. The van der Waals surface area contributed by atoms with E-state index in [1.807, 2.05) is 0 Å². The number of hydrogen-bond donors (Lipinski definition) is 3. The molecule has 0 aliphatic heterocycles. The molecule has 1 fully saturated rings. The molecule has 0 spiro atoms. The van der Waals surface area contributed by atoms with E-state index in [9.17, 15) is 14.3 Å². The highest BCUT2D eigenvalue weighted by atomic mass is 19.1. The normalized spacial score (nSPS) is 16.6. The van der Waals surface area contributed by atoms with Gasteiger partial charge in [0.05, 0.1) is 11.7 Å². The second-order valence-electron chi connectivity index (χ2n) is 4.35. The molecular weight excluding hydrogens is 223 g/mol. The molecule has 0 aromatic heterocycles. The molecule has 0 radical (unpaired) electrons. The average molecular weight is 238 g/mol. The van der Waals surface area contributed by atoms with Gasteiger partial charge in [0, 0.05) is 12.2 Å². The van der Waals surface area contributed by atoms with E-state index in [2.05, 4.69) is 5.32 Å². The number of nitrogens with two attached hydrogens (primary N) is 1. The smallest absolute Gasteiger partial charge is 0.253 e. The van der Waals surface area contributed by atoms with E-state index in [0.29, 0.717) is 5.92 Å². The minimum Gasteiger partial charge on any atom is -0.398 e. The van der Waals surface area contributed by atoms with Crippen molar-refractivity contribution in [1.82, 2.24) is 5.32 Å². The van der Waals surface area contributed by atoms with Crippen LogP contribution in [0.5, 0.6) is 0 Å². The Balaban J connectivity index is 1.96. The number of aliphatic hydroxyl groups is 1. The Morgan fingerprint density at radius 3 is 2.94 bits per heavy atom. The standard InChI is InChI=1S/C12H15FN2O2/c13-8-3-4-10(14)9(5-8)12(17)15-6-11(16)7-1-2-7/h3-5,7,11,16H,1-2,6,14H2,(H,15,17). The minimum absolute atomic E-state index is 0.105. The van der Waals surface area contributed by atoms with Crippen molar-refractivity contribution in [2.75, 3.05) is 12.3 Å². The topological polar surface area (TPSA) is 75.4 Å². The monoisotopic (exact) mass is 238 g/mol. The molecule has 1 aliphatic carbocycles. The van der Waals surface area contributed by atoms with Crippen molar-refractivity contribution in [3.8, 4) is 0 Å². The maximum atomic E-state index is 13.0. The summed E-state index contributed by atoms with van der Waals surface area (Å²) in [6.07, 6.45) is 1.48. The number of carbonyl (C=O) groups excluding carboxylic acids is 1. The van der Waals surface area contributed by atoms with Crippen LogP contribution < -0.4 is 11.1 Å². The van der Waals surface area contributed by atoms with Crippen LogP contribution in [0.25, 0.3) is 0 Å². The summed E-state index contributed by atoms with van der Waals surface area (Å²) in [5, 5.41) is 12.1. The number of anilines is 1. The third kappa shape index (κ3) is 2.94. The van der Waals surface area contributed by atoms with Gasteiger partial charge in [-0.3, -0.25) is 4.79 Å². The number of carbonyl (C=O) groups is 1. The fourth-order valence-electron chi connectivity index (χ4n) is 1.67. The summed E-state index contributed by atoms with van der Waals surface area (Å²) >= 11 is 0. The lowest BCUT2D eigenvalue weighted by atomic mass is 10.1. The molecule has 1 amide bonds. The summed E-state index contributed by atoms with van der Waals surface area (Å²) in [5.41, 5.74) is 5.91. The van der Waals surface area contributed by atoms with Crippen LogP contribution >= 0.6 is 0 Å². The summed E-state index contributed by atoms with van der Waals surface area (Å²) in [5.74, 6) is -0.672. The predicted molar refractivity (Wildman–Crippen MR) is 61.9 cm³/mol. The molecule has 1 aromatic carbocycles. The number of rotatable bonds is 4. The molecule has 0 bridgehead atoms. The van der Waals surface area contributed by atoms with Crippen LogP contribution in [-0.4, -0.2) is 23.7 Å². The van der Waals surface area contributed by atoms with Gasteiger partial charge in [-0.1, -0.05) is 0 Å². The van der Waals surface area contributed by atoms with Gasteiger partial charge in [0.25, 0.3) is 5.91 Å². The van der Waals surface area contributed by atoms with Crippen LogP contribution in [0.1, 0.15) is 23.2 Å². The molecule has 4 nitrogen and oxygen atoms in total. The lowest BCUT2D eigenvalue weighted by Crippen LogP contribution is -2.33. The molecule has 0 saturated heterocycles. The average Bonchev–Trinajstić information content (AvgIpc) is 3.12. The van der Waals surface area contributed by atoms with Gasteiger partial charge in [-0.2, -0.15) is 0 Å². The number of hydrogen-bond acceptors (Lipinski definition) is 3. The molecule has 5 heteroatoms. The predicted octanol–water partition coefficient (Wildman–Crippen LogP) is 0.909. The zero-order valence-electron chi connectivity index (χ0n) is 9.32. The van der Waals surface area contributed by atoms with Crippen LogP contribution in [0.4, 0.5) is 10.1 Å². The highest BCUT2D eigenvalue weighted by Gasteiger charge is 2.29. The molecule has 1 saturated carbocycles. The summed E-state index contributed by atoms with van der Waals surface area (Å²) in [7, 11) is 0. The Morgan fingerprint density at radius 2 is 2.29 bits per heavy atom. The summed E-state index contributed by atoms with van der Waals surface area (Å²) in [6, 6.07) is 3.64. The van der Waals surface area contributed by atoms with Gasteiger partial charge in [0.1, 0.15) is 5.82 Å². The number of aliphatic hydroxyl groups excluding tert-OH is 1. The third-order valence-electron chi connectivity index (χ3n) is 2.90. The zero-order valence-corrected chi connectivity index (χ0v) is 9.32. The van der Waals surface area contributed by atoms with Crippen molar-refractivity contribution >= 4 is 11.6 Å². The van der Waals surface area contributed by atoms with Gasteiger partial charge in [-0.15, -0.1) is 0 Å². The van der Waals surface area contributed by atoms with E-state index in [-0.39, 0.29) is 17.8 Å². The Morgan fingerprint density at radius 1 is 1.59 bits per heavy atom. The molecular formula is C12H15FN2O2. The molecule has 4 N–H and O–H groups in total. The number of amides is 1. The largest absolute Gasteiger partial charge is 0.398 e. The second-order valence-corrected chi connectivity index (χ2v) is 4.35. The van der Waals surface area contributed by atoms with E-state index in [1.165, 1.54) is 12.1 Å².